The van der Waals surface area contributed by atoms with Crippen molar-refractivity contribution in [3.63, 3.8) is 0 Å². The summed E-state index contributed by atoms with van der Waals surface area (Å²) < 4.78 is 3.57. The third-order valence-corrected chi connectivity index (χ3v) is 6.85. The number of benzene rings is 2. The van der Waals surface area contributed by atoms with Crippen LogP contribution < -0.4 is 11.3 Å². The van der Waals surface area contributed by atoms with Crippen LogP contribution in [0.4, 0.5) is 0 Å². The molecule has 0 radical (unpaired) electrons. The second-order valence-corrected chi connectivity index (χ2v) is 9.02. The quantitative estimate of drug-likeness (QED) is 0.441. The molecule has 1 aliphatic heterocycles. The number of likely N-dealkylation sites (tertiary alicyclic amines) is 1. The van der Waals surface area contributed by atoms with Crippen molar-refractivity contribution in [2.45, 2.75) is 38.6 Å². The van der Waals surface area contributed by atoms with Gasteiger partial charge < -0.3 is 10.6 Å². The highest BCUT2D eigenvalue weighted by Gasteiger charge is 2.26. The van der Waals surface area contributed by atoms with Crippen molar-refractivity contribution in [3.05, 3.63) is 76.3 Å². The molecule has 2 amide bonds. The number of nitrogens with two attached hydrogens (primary N) is 1. The molecule has 9 heteroatoms. The molecule has 0 bridgehead atoms. The van der Waals surface area contributed by atoms with Gasteiger partial charge in [-0.2, -0.15) is 0 Å². The largest absolute Gasteiger partial charge is 0.369 e. The molecule has 35 heavy (non-hydrogen) atoms. The van der Waals surface area contributed by atoms with Gasteiger partial charge in [0.05, 0.1) is 10.9 Å². The van der Waals surface area contributed by atoms with Crippen LogP contribution in [0.3, 0.4) is 0 Å². The van der Waals surface area contributed by atoms with Gasteiger partial charge in [0.1, 0.15) is 5.82 Å². The number of primary amides is 1. The maximum atomic E-state index is 13.3. The molecule has 1 aliphatic rings. The zero-order valence-electron chi connectivity index (χ0n) is 19.5. The maximum Gasteiger partial charge on any atom is 0.262 e. The van der Waals surface area contributed by atoms with Crippen molar-refractivity contribution >= 4 is 28.5 Å². The second kappa shape index (κ2) is 9.69. The summed E-state index contributed by atoms with van der Waals surface area (Å²) in [5, 5.41) is 9.33. The molecule has 0 unspecified atom stereocenters. The number of carbonyl (C=O) groups is 2. The molecule has 4 aromatic rings. The first kappa shape index (κ1) is 22.8. The van der Waals surface area contributed by atoms with E-state index in [2.05, 4.69) is 10.2 Å². The van der Waals surface area contributed by atoms with E-state index in [0.717, 1.165) is 11.1 Å². The average molecular weight is 473 g/mol. The number of aryl methyl sites for hydroxylation is 3. The zero-order valence-corrected chi connectivity index (χ0v) is 19.5. The first-order valence-electron chi connectivity index (χ1n) is 12.0. The fourth-order valence-corrected chi connectivity index (χ4v) is 4.85. The Balaban J connectivity index is 1.41. The molecule has 0 atom stereocenters. The number of aromatic nitrogens is 4. The molecule has 2 N–H and O–H groups in total. The molecule has 1 saturated heterocycles. The summed E-state index contributed by atoms with van der Waals surface area (Å²) >= 11 is 0. The summed E-state index contributed by atoms with van der Waals surface area (Å²) in [5.74, 6) is 0.696. The first-order valence-corrected chi connectivity index (χ1v) is 12.0. The SMILES string of the molecule is NC(=O)C1CCN(C(=O)CCc2nnc3n(CCc4ccccc4)c(=O)c4ccccc4n23)CC1. The van der Waals surface area contributed by atoms with Crippen molar-refractivity contribution < 1.29 is 9.59 Å². The number of hydrogen-bond acceptors (Lipinski definition) is 5. The molecular weight excluding hydrogens is 444 g/mol. The number of carbonyl (C=O) groups excluding carboxylic acids is 2. The van der Waals surface area contributed by atoms with Crippen molar-refractivity contribution in [2.24, 2.45) is 11.7 Å². The first-order chi connectivity index (χ1) is 17.0. The molecule has 9 nitrogen and oxygen atoms in total. The third kappa shape index (κ3) is 4.53. The minimum Gasteiger partial charge on any atom is -0.369 e. The Morgan fingerprint density at radius 3 is 2.40 bits per heavy atom. The van der Waals surface area contributed by atoms with Gasteiger partial charge in [0, 0.05) is 38.4 Å². The van der Waals surface area contributed by atoms with Crippen molar-refractivity contribution in [3.8, 4) is 0 Å². The molecule has 0 spiro atoms. The highest BCUT2D eigenvalue weighted by atomic mass is 16.2. The summed E-state index contributed by atoms with van der Waals surface area (Å²) in [4.78, 5) is 39.3. The highest BCUT2D eigenvalue weighted by Crippen LogP contribution is 2.19. The molecule has 2 aromatic heterocycles. The smallest absolute Gasteiger partial charge is 0.262 e. The van der Waals surface area contributed by atoms with E-state index >= 15 is 0 Å². The fourth-order valence-electron chi connectivity index (χ4n) is 4.85. The van der Waals surface area contributed by atoms with Crippen LogP contribution >= 0.6 is 0 Å². The average Bonchev–Trinajstić information content (AvgIpc) is 3.32. The lowest BCUT2D eigenvalue weighted by molar-refractivity contribution is -0.134. The van der Waals surface area contributed by atoms with Crippen LogP contribution in [0, 0.1) is 5.92 Å². The summed E-state index contributed by atoms with van der Waals surface area (Å²) in [6.45, 7) is 1.55. The van der Waals surface area contributed by atoms with Gasteiger partial charge in [-0.25, -0.2) is 0 Å². The van der Waals surface area contributed by atoms with Crippen LogP contribution in [0.1, 0.15) is 30.7 Å². The Morgan fingerprint density at radius 1 is 0.943 bits per heavy atom. The number of amides is 2. The van der Waals surface area contributed by atoms with Gasteiger partial charge in [0.2, 0.25) is 17.6 Å². The predicted molar refractivity (Wildman–Crippen MR) is 132 cm³/mol. The lowest BCUT2D eigenvalue weighted by Crippen LogP contribution is -2.41. The number of hydrogen-bond donors (Lipinski definition) is 1. The molecule has 5 rings (SSSR count). The van der Waals surface area contributed by atoms with Gasteiger partial charge in [0.25, 0.3) is 5.56 Å². The minimum absolute atomic E-state index is 0.0198. The highest BCUT2D eigenvalue weighted by molar-refractivity contribution is 5.81. The Morgan fingerprint density at radius 2 is 1.66 bits per heavy atom. The van der Waals surface area contributed by atoms with Gasteiger partial charge in [-0.05, 0) is 37.0 Å². The number of nitrogens with zero attached hydrogens (tertiary/aromatic N) is 5. The molecular formula is C26H28N6O3. The molecule has 2 aromatic carbocycles. The summed E-state index contributed by atoms with van der Waals surface area (Å²) in [5.41, 5.74) is 7.17. The van der Waals surface area contributed by atoms with E-state index in [4.69, 9.17) is 5.73 Å². The lowest BCUT2D eigenvalue weighted by atomic mass is 9.96. The van der Waals surface area contributed by atoms with Crippen LogP contribution in [0.5, 0.6) is 0 Å². The Hall–Kier alpha value is -4.01. The van der Waals surface area contributed by atoms with Crippen LogP contribution in [0.25, 0.3) is 16.7 Å². The molecule has 0 aliphatic carbocycles. The van der Waals surface area contributed by atoms with E-state index in [-0.39, 0.29) is 29.7 Å². The summed E-state index contributed by atoms with van der Waals surface area (Å²) in [7, 11) is 0. The molecule has 0 saturated carbocycles. The van der Waals surface area contributed by atoms with E-state index in [0.29, 0.717) is 62.3 Å². The number of piperidine rings is 1. The van der Waals surface area contributed by atoms with E-state index in [9.17, 15) is 14.4 Å². The zero-order chi connectivity index (χ0) is 24.4. The van der Waals surface area contributed by atoms with Gasteiger partial charge >= 0.3 is 0 Å². The molecule has 1 fully saturated rings. The fraction of sp³-hybridized carbons (Fsp3) is 0.346. The van der Waals surface area contributed by atoms with Crippen LogP contribution in [-0.2, 0) is 29.0 Å². The Labute approximate surface area is 202 Å². The van der Waals surface area contributed by atoms with Gasteiger partial charge in [-0.15, -0.1) is 10.2 Å². The molecule has 3 heterocycles. The minimum atomic E-state index is -0.294. The van der Waals surface area contributed by atoms with E-state index < -0.39 is 0 Å². The maximum absolute atomic E-state index is 13.3. The molecule has 180 valence electrons. The predicted octanol–water partition coefficient (Wildman–Crippen LogP) is 1.94. The number of rotatable bonds is 7. The van der Waals surface area contributed by atoms with E-state index in [1.165, 1.54) is 0 Å². The summed E-state index contributed by atoms with van der Waals surface area (Å²) in [6, 6.07) is 17.4. The monoisotopic (exact) mass is 472 g/mol. The Kier molecular flexibility index (Phi) is 6.31. The normalized spacial score (nSPS) is 14.6. The van der Waals surface area contributed by atoms with Crippen LogP contribution in [-0.4, -0.2) is 49.0 Å². The van der Waals surface area contributed by atoms with Gasteiger partial charge in [-0.3, -0.25) is 23.4 Å². The lowest BCUT2D eigenvalue weighted by Gasteiger charge is -2.30. The Bertz CT molecular complexity index is 1430. The van der Waals surface area contributed by atoms with Gasteiger partial charge in [-0.1, -0.05) is 42.5 Å². The van der Waals surface area contributed by atoms with Crippen LogP contribution in [0.2, 0.25) is 0 Å². The van der Waals surface area contributed by atoms with Gasteiger partial charge in [0.15, 0.2) is 0 Å². The van der Waals surface area contributed by atoms with Crippen molar-refractivity contribution in [2.75, 3.05) is 13.1 Å². The van der Waals surface area contributed by atoms with E-state index in [1.54, 1.807) is 9.47 Å². The third-order valence-electron chi connectivity index (χ3n) is 6.85. The number of fused-ring (bicyclic) bond motifs is 3. The summed E-state index contributed by atoms with van der Waals surface area (Å²) in [6.07, 6.45) is 2.58. The van der Waals surface area contributed by atoms with Crippen molar-refractivity contribution in [1.82, 2.24) is 24.1 Å². The topological polar surface area (TPSA) is 116 Å². The standard InChI is InChI=1S/C26H28N6O3/c27-24(34)19-13-15-30(16-14-19)23(33)11-10-22-28-29-26-31(17-12-18-6-2-1-3-7-18)25(35)20-8-4-5-9-21(20)32(22)26/h1-9,19H,10-17H2,(H2,27,34). The van der Waals surface area contributed by atoms with E-state index in [1.807, 2.05) is 59.0 Å². The number of para-hydroxylation sites is 1. The van der Waals surface area contributed by atoms with Crippen molar-refractivity contribution in [1.29, 1.82) is 0 Å². The second-order valence-electron chi connectivity index (χ2n) is 9.02. The van der Waals surface area contributed by atoms with Crippen LogP contribution in [0.15, 0.2) is 59.4 Å².